The van der Waals surface area contributed by atoms with Gasteiger partial charge in [0.05, 0.1) is 0 Å². The number of likely N-dealkylation sites (tertiary alicyclic amines) is 1. The summed E-state index contributed by atoms with van der Waals surface area (Å²) in [7, 11) is 0. The van der Waals surface area contributed by atoms with Crippen LogP contribution >= 0.6 is 0 Å². The molecule has 2 aliphatic carbocycles. The molecule has 1 spiro atoms. The van der Waals surface area contributed by atoms with Crippen molar-refractivity contribution in [3.63, 3.8) is 0 Å². The molecule has 2 nitrogen and oxygen atoms in total. The van der Waals surface area contributed by atoms with Gasteiger partial charge in [-0.05, 0) is 55.5 Å². The Hall–Kier alpha value is -1.12. The molecule has 0 aromatic heterocycles. The maximum absolute atomic E-state index is 3.95. The number of hydrogen-bond acceptors (Lipinski definition) is 2. The first-order chi connectivity index (χ1) is 11.7. The van der Waals surface area contributed by atoms with Gasteiger partial charge in [0.2, 0.25) is 0 Å². The zero-order valence-electron chi connectivity index (χ0n) is 15.3. The maximum Gasteiger partial charge on any atom is 0.0142 e. The third-order valence-corrected chi connectivity index (χ3v) is 6.29. The smallest absolute Gasteiger partial charge is 0.0142 e. The average Bonchev–Trinajstić information content (AvgIpc) is 3.28. The van der Waals surface area contributed by atoms with E-state index in [1.54, 1.807) is 5.57 Å². The Labute approximate surface area is 147 Å². The Morgan fingerprint density at radius 1 is 1.21 bits per heavy atom. The van der Waals surface area contributed by atoms with Crippen molar-refractivity contribution in [2.75, 3.05) is 19.6 Å². The fourth-order valence-electron chi connectivity index (χ4n) is 5.06. The SMILES string of the molecule is CCCN1CC2(CC(N[C@@H]3C[C@H]3/C(=C/c3ccccc3)CC)C2)C1. The number of benzene rings is 1. The minimum atomic E-state index is 0.699. The second-order valence-electron chi connectivity index (χ2n) is 8.41. The average molecular weight is 325 g/mol. The van der Waals surface area contributed by atoms with Crippen LogP contribution in [-0.2, 0) is 0 Å². The van der Waals surface area contributed by atoms with Crippen LogP contribution in [0, 0.1) is 11.3 Å². The van der Waals surface area contributed by atoms with Gasteiger partial charge in [0, 0.05) is 25.2 Å². The molecule has 1 heterocycles. The molecule has 0 amide bonds. The Morgan fingerprint density at radius 2 is 1.96 bits per heavy atom. The van der Waals surface area contributed by atoms with Gasteiger partial charge < -0.3 is 10.2 Å². The molecule has 1 saturated heterocycles. The van der Waals surface area contributed by atoms with E-state index in [0.717, 1.165) is 18.0 Å². The van der Waals surface area contributed by atoms with Crippen LogP contribution in [0.5, 0.6) is 0 Å². The summed E-state index contributed by atoms with van der Waals surface area (Å²) in [4.78, 5) is 2.63. The van der Waals surface area contributed by atoms with E-state index in [0.29, 0.717) is 5.41 Å². The Bertz CT molecular complexity index is 577. The Kier molecular flexibility index (Phi) is 4.53. The van der Waals surface area contributed by atoms with E-state index in [1.807, 2.05) is 0 Å². The highest BCUT2D eigenvalue weighted by Crippen LogP contribution is 2.50. The number of rotatable bonds is 7. The van der Waals surface area contributed by atoms with Gasteiger partial charge in [0.25, 0.3) is 0 Å². The third kappa shape index (κ3) is 3.32. The van der Waals surface area contributed by atoms with Gasteiger partial charge in [-0.25, -0.2) is 0 Å². The molecule has 1 N–H and O–H groups in total. The maximum atomic E-state index is 3.95. The van der Waals surface area contributed by atoms with Crippen LogP contribution < -0.4 is 5.32 Å². The fraction of sp³-hybridized carbons (Fsp3) is 0.636. The van der Waals surface area contributed by atoms with Crippen molar-refractivity contribution >= 4 is 6.08 Å². The van der Waals surface area contributed by atoms with Gasteiger partial charge in [0.15, 0.2) is 0 Å². The normalized spacial score (nSPS) is 29.3. The molecular weight excluding hydrogens is 292 g/mol. The van der Waals surface area contributed by atoms with Crippen LogP contribution in [0.4, 0.5) is 0 Å². The molecule has 2 heteroatoms. The number of nitrogens with one attached hydrogen (secondary N) is 1. The van der Waals surface area contributed by atoms with Crippen LogP contribution in [0.25, 0.3) is 6.08 Å². The minimum Gasteiger partial charge on any atom is -0.311 e. The second-order valence-corrected chi connectivity index (χ2v) is 8.41. The van der Waals surface area contributed by atoms with Crippen LogP contribution in [0.3, 0.4) is 0 Å². The van der Waals surface area contributed by atoms with Gasteiger partial charge in [-0.2, -0.15) is 0 Å². The zero-order chi connectivity index (χ0) is 16.6. The van der Waals surface area contributed by atoms with Crippen LogP contribution in [0.15, 0.2) is 35.9 Å². The van der Waals surface area contributed by atoms with E-state index < -0.39 is 0 Å². The molecular formula is C22H32N2. The van der Waals surface area contributed by atoms with E-state index >= 15 is 0 Å². The second kappa shape index (κ2) is 6.65. The lowest BCUT2D eigenvalue weighted by Crippen LogP contribution is -2.66. The number of nitrogens with zero attached hydrogens (tertiary/aromatic N) is 1. The first-order valence-electron chi connectivity index (χ1n) is 9.95. The predicted octanol–water partition coefficient (Wildman–Crippen LogP) is 4.33. The highest BCUT2D eigenvalue weighted by molar-refractivity contribution is 5.54. The zero-order valence-corrected chi connectivity index (χ0v) is 15.3. The van der Waals surface area contributed by atoms with Crippen LogP contribution in [0.1, 0.15) is 51.5 Å². The van der Waals surface area contributed by atoms with Gasteiger partial charge in [-0.15, -0.1) is 0 Å². The van der Waals surface area contributed by atoms with E-state index in [-0.39, 0.29) is 0 Å². The highest BCUT2D eigenvalue weighted by atomic mass is 15.2. The van der Waals surface area contributed by atoms with E-state index in [1.165, 1.54) is 57.3 Å². The Morgan fingerprint density at radius 3 is 2.62 bits per heavy atom. The van der Waals surface area contributed by atoms with Crippen molar-refractivity contribution in [3.8, 4) is 0 Å². The van der Waals surface area contributed by atoms with Crippen molar-refractivity contribution in [1.82, 2.24) is 10.2 Å². The Balaban J connectivity index is 1.24. The predicted molar refractivity (Wildman–Crippen MR) is 102 cm³/mol. The summed E-state index contributed by atoms with van der Waals surface area (Å²) >= 11 is 0. The van der Waals surface area contributed by atoms with E-state index in [9.17, 15) is 0 Å². The lowest BCUT2D eigenvalue weighted by molar-refractivity contribution is -0.0786. The lowest BCUT2D eigenvalue weighted by atomic mass is 9.60. The van der Waals surface area contributed by atoms with Gasteiger partial charge in [-0.3, -0.25) is 0 Å². The summed E-state index contributed by atoms with van der Waals surface area (Å²) in [6, 6.07) is 12.3. The molecule has 0 unspecified atom stereocenters. The van der Waals surface area contributed by atoms with Crippen molar-refractivity contribution in [2.24, 2.45) is 11.3 Å². The summed E-state index contributed by atoms with van der Waals surface area (Å²) in [6.45, 7) is 8.62. The molecule has 2 atom stereocenters. The van der Waals surface area contributed by atoms with Gasteiger partial charge >= 0.3 is 0 Å². The molecule has 0 radical (unpaired) electrons. The standard InChI is InChI=1S/C22H32N2/c1-3-10-24-15-22(16-24)13-19(14-22)23-21-12-20(21)18(4-2)11-17-8-6-5-7-9-17/h5-9,11,19-21,23H,3-4,10,12-16H2,1-2H3/b18-11+/t20-,21+/m0/s1. The molecule has 1 aromatic rings. The molecule has 4 rings (SSSR count). The topological polar surface area (TPSA) is 15.3 Å². The summed E-state index contributed by atoms with van der Waals surface area (Å²) in [5.41, 5.74) is 3.68. The summed E-state index contributed by atoms with van der Waals surface area (Å²) in [6.07, 6.45) is 9.08. The first-order valence-corrected chi connectivity index (χ1v) is 9.95. The molecule has 130 valence electrons. The summed E-state index contributed by atoms with van der Waals surface area (Å²) < 4.78 is 0. The van der Waals surface area contributed by atoms with Crippen molar-refractivity contribution in [2.45, 2.75) is 58.0 Å². The third-order valence-electron chi connectivity index (χ3n) is 6.29. The summed E-state index contributed by atoms with van der Waals surface area (Å²) in [5, 5.41) is 3.95. The van der Waals surface area contributed by atoms with Gasteiger partial charge in [-0.1, -0.05) is 55.8 Å². The lowest BCUT2D eigenvalue weighted by Gasteiger charge is -2.59. The highest BCUT2D eigenvalue weighted by Gasteiger charge is 2.53. The quantitative estimate of drug-likeness (QED) is 0.803. The molecule has 3 aliphatic rings. The molecule has 1 aliphatic heterocycles. The molecule has 0 bridgehead atoms. The fourth-order valence-corrected chi connectivity index (χ4v) is 5.06. The first kappa shape index (κ1) is 16.4. The van der Waals surface area contributed by atoms with Crippen molar-refractivity contribution < 1.29 is 0 Å². The van der Waals surface area contributed by atoms with Gasteiger partial charge in [0.1, 0.15) is 0 Å². The van der Waals surface area contributed by atoms with E-state index in [4.69, 9.17) is 0 Å². The molecule has 1 aromatic carbocycles. The van der Waals surface area contributed by atoms with Crippen LogP contribution in [0.2, 0.25) is 0 Å². The summed E-state index contributed by atoms with van der Waals surface area (Å²) in [5.74, 6) is 0.782. The largest absolute Gasteiger partial charge is 0.311 e. The minimum absolute atomic E-state index is 0.699. The monoisotopic (exact) mass is 324 g/mol. The van der Waals surface area contributed by atoms with Crippen molar-refractivity contribution in [3.05, 3.63) is 41.5 Å². The molecule has 2 saturated carbocycles. The van der Waals surface area contributed by atoms with Crippen LogP contribution in [-0.4, -0.2) is 36.6 Å². The van der Waals surface area contributed by atoms with Crippen molar-refractivity contribution in [1.29, 1.82) is 0 Å². The molecule has 24 heavy (non-hydrogen) atoms. The number of hydrogen-bond donors (Lipinski definition) is 1. The molecule has 3 fully saturated rings. The van der Waals surface area contributed by atoms with E-state index in [2.05, 4.69) is 60.5 Å².